The molecule has 3 aromatic rings. The lowest BCUT2D eigenvalue weighted by Crippen LogP contribution is -2.24. The van der Waals surface area contributed by atoms with Crippen LogP contribution in [-0.4, -0.2) is 14.5 Å². The Morgan fingerprint density at radius 3 is 2.81 bits per heavy atom. The molecule has 5 nitrogen and oxygen atoms in total. The predicted octanol–water partition coefficient (Wildman–Crippen LogP) is 2.23. The summed E-state index contributed by atoms with van der Waals surface area (Å²) in [5.74, 6) is 0.700. The fourth-order valence-corrected chi connectivity index (χ4v) is 2.51. The van der Waals surface area contributed by atoms with E-state index in [2.05, 4.69) is 9.97 Å². The van der Waals surface area contributed by atoms with Crippen molar-refractivity contribution < 1.29 is 0 Å². The van der Waals surface area contributed by atoms with Crippen molar-refractivity contribution in [3.05, 3.63) is 58.4 Å². The van der Waals surface area contributed by atoms with E-state index in [9.17, 15) is 4.79 Å². The number of aromatic nitrogens is 3. The highest BCUT2D eigenvalue weighted by atomic mass is 16.1. The number of nitrogens with two attached hydrogens (primary N) is 1. The molecule has 0 amide bonds. The van der Waals surface area contributed by atoms with E-state index in [1.807, 2.05) is 32.0 Å². The third-order valence-electron chi connectivity index (χ3n) is 3.49. The molecule has 5 heteroatoms. The second-order valence-corrected chi connectivity index (χ2v) is 4.97. The quantitative estimate of drug-likeness (QED) is 0.781. The second-order valence-electron chi connectivity index (χ2n) is 4.97. The van der Waals surface area contributed by atoms with E-state index >= 15 is 0 Å². The summed E-state index contributed by atoms with van der Waals surface area (Å²) in [6, 6.07) is 7.43. The number of fused-ring (bicyclic) bond motifs is 1. The number of nitrogen functional groups attached to an aromatic ring is 1. The van der Waals surface area contributed by atoms with E-state index in [0.29, 0.717) is 29.0 Å². The molecule has 0 unspecified atom stereocenters. The maximum atomic E-state index is 12.9. The average molecular weight is 280 g/mol. The lowest BCUT2D eigenvalue weighted by Gasteiger charge is -2.13. The van der Waals surface area contributed by atoms with Crippen LogP contribution in [0.2, 0.25) is 0 Å². The van der Waals surface area contributed by atoms with Crippen molar-refractivity contribution in [1.82, 2.24) is 14.5 Å². The standard InChI is InChI=1S/C16H16N4O/c1-3-14-19-13-6-4-5-10(2)15(13)16(21)20(14)12-7-11(17)8-18-9-12/h4-9H,3,17H2,1-2H3. The van der Waals surface area contributed by atoms with Crippen LogP contribution in [0.25, 0.3) is 16.6 Å². The van der Waals surface area contributed by atoms with Gasteiger partial charge < -0.3 is 5.73 Å². The molecule has 0 atom stereocenters. The van der Waals surface area contributed by atoms with Crippen LogP contribution in [0.5, 0.6) is 0 Å². The number of aryl methyl sites for hydroxylation is 2. The first kappa shape index (κ1) is 13.3. The minimum absolute atomic E-state index is 0.0812. The predicted molar refractivity (Wildman–Crippen MR) is 83.7 cm³/mol. The van der Waals surface area contributed by atoms with Crippen LogP contribution < -0.4 is 11.3 Å². The first-order chi connectivity index (χ1) is 10.1. The molecular weight excluding hydrogens is 264 g/mol. The van der Waals surface area contributed by atoms with Gasteiger partial charge in [0.1, 0.15) is 5.82 Å². The lowest BCUT2D eigenvalue weighted by molar-refractivity contribution is 0.829. The third-order valence-corrected chi connectivity index (χ3v) is 3.49. The first-order valence-corrected chi connectivity index (χ1v) is 6.84. The Balaban J connectivity index is 2.44. The number of nitrogens with zero attached hydrogens (tertiary/aromatic N) is 3. The smallest absolute Gasteiger partial charge is 0.266 e. The summed E-state index contributed by atoms with van der Waals surface area (Å²) < 4.78 is 1.60. The molecule has 2 N–H and O–H groups in total. The van der Waals surface area contributed by atoms with Gasteiger partial charge >= 0.3 is 0 Å². The largest absolute Gasteiger partial charge is 0.397 e. The maximum absolute atomic E-state index is 12.9. The van der Waals surface area contributed by atoms with Crippen molar-refractivity contribution in [1.29, 1.82) is 0 Å². The highest BCUT2D eigenvalue weighted by Gasteiger charge is 2.13. The van der Waals surface area contributed by atoms with Gasteiger partial charge in [0.2, 0.25) is 0 Å². The van der Waals surface area contributed by atoms with Gasteiger partial charge in [0.05, 0.1) is 28.5 Å². The van der Waals surface area contributed by atoms with Gasteiger partial charge in [0.25, 0.3) is 5.56 Å². The summed E-state index contributed by atoms with van der Waals surface area (Å²) in [7, 11) is 0. The topological polar surface area (TPSA) is 73.8 Å². The Hall–Kier alpha value is -2.69. The van der Waals surface area contributed by atoms with Crippen molar-refractivity contribution in [2.24, 2.45) is 0 Å². The number of rotatable bonds is 2. The number of anilines is 1. The minimum Gasteiger partial charge on any atom is -0.397 e. The Morgan fingerprint density at radius 1 is 1.29 bits per heavy atom. The molecule has 2 heterocycles. The fraction of sp³-hybridized carbons (Fsp3) is 0.188. The SMILES string of the molecule is CCc1nc2cccc(C)c2c(=O)n1-c1cncc(N)c1. The van der Waals surface area contributed by atoms with Crippen molar-refractivity contribution in [2.75, 3.05) is 5.73 Å². The lowest BCUT2D eigenvalue weighted by atomic mass is 10.1. The number of benzene rings is 1. The highest BCUT2D eigenvalue weighted by molar-refractivity contribution is 5.81. The average Bonchev–Trinajstić information content (AvgIpc) is 2.46. The molecule has 106 valence electrons. The van der Waals surface area contributed by atoms with Crippen molar-refractivity contribution in [3.63, 3.8) is 0 Å². The van der Waals surface area contributed by atoms with Crippen LogP contribution in [-0.2, 0) is 6.42 Å². The van der Waals surface area contributed by atoms with Crippen LogP contribution in [0.4, 0.5) is 5.69 Å². The van der Waals surface area contributed by atoms with Gasteiger partial charge in [-0.25, -0.2) is 4.98 Å². The van der Waals surface area contributed by atoms with Crippen LogP contribution >= 0.6 is 0 Å². The molecule has 0 radical (unpaired) electrons. The molecule has 0 aliphatic rings. The van der Waals surface area contributed by atoms with Crippen LogP contribution in [0.1, 0.15) is 18.3 Å². The zero-order valence-electron chi connectivity index (χ0n) is 12.0. The molecular formula is C16H16N4O. The van der Waals surface area contributed by atoms with E-state index in [4.69, 9.17) is 5.73 Å². The summed E-state index contributed by atoms with van der Waals surface area (Å²) in [4.78, 5) is 21.6. The maximum Gasteiger partial charge on any atom is 0.266 e. The van der Waals surface area contributed by atoms with Gasteiger partial charge in [-0.15, -0.1) is 0 Å². The Kier molecular flexibility index (Phi) is 3.17. The molecule has 1 aromatic carbocycles. The van der Waals surface area contributed by atoms with E-state index in [1.165, 1.54) is 0 Å². The van der Waals surface area contributed by atoms with Crippen LogP contribution in [0.15, 0.2) is 41.5 Å². The molecule has 21 heavy (non-hydrogen) atoms. The number of hydrogen-bond donors (Lipinski definition) is 1. The van der Waals surface area contributed by atoms with Crippen molar-refractivity contribution in [2.45, 2.75) is 20.3 Å². The molecule has 0 saturated carbocycles. The Morgan fingerprint density at radius 2 is 2.10 bits per heavy atom. The molecule has 2 aromatic heterocycles. The van der Waals surface area contributed by atoms with E-state index in [1.54, 1.807) is 23.0 Å². The fourth-order valence-electron chi connectivity index (χ4n) is 2.51. The molecule has 0 bridgehead atoms. The minimum atomic E-state index is -0.0812. The Bertz CT molecular complexity index is 883. The zero-order chi connectivity index (χ0) is 15.0. The summed E-state index contributed by atoms with van der Waals surface area (Å²) in [6.45, 7) is 3.89. The van der Waals surface area contributed by atoms with Crippen molar-refractivity contribution >= 4 is 16.6 Å². The van der Waals surface area contributed by atoms with Gasteiger partial charge in [0.15, 0.2) is 0 Å². The molecule has 0 aliphatic heterocycles. The van der Waals surface area contributed by atoms with Gasteiger partial charge in [-0.1, -0.05) is 19.1 Å². The third kappa shape index (κ3) is 2.16. The van der Waals surface area contributed by atoms with Crippen LogP contribution in [0.3, 0.4) is 0 Å². The molecule has 3 rings (SSSR count). The molecule has 0 spiro atoms. The first-order valence-electron chi connectivity index (χ1n) is 6.84. The van der Waals surface area contributed by atoms with Gasteiger partial charge in [-0.05, 0) is 24.6 Å². The highest BCUT2D eigenvalue weighted by Crippen LogP contribution is 2.17. The zero-order valence-corrected chi connectivity index (χ0v) is 12.0. The number of hydrogen-bond acceptors (Lipinski definition) is 4. The van der Waals surface area contributed by atoms with Gasteiger partial charge in [0, 0.05) is 12.6 Å². The summed E-state index contributed by atoms with van der Waals surface area (Å²) >= 11 is 0. The van der Waals surface area contributed by atoms with Gasteiger partial charge in [-0.2, -0.15) is 0 Å². The molecule has 0 fully saturated rings. The molecule has 0 saturated heterocycles. The summed E-state index contributed by atoms with van der Waals surface area (Å²) in [5, 5.41) is 0.636. The van der Waals surface area contributed by atoms with Crippen molar-refractivity contribution in [3.8, 4) is 5.69 Å². The summed E-state index contributed by atoms with van der Waals surface area (Å²) in [6.07, 6.45) is 3.83. The summed E-state index contributed by atoms with van der Waals surface area (Å²) in [5.41, 5.74) is 8.51. The van der Waals surface area contributed by atoms with Gasteiger partial charge in [-0.3, -0.25) is 14.3 Å². The normalized spacial score (nSPS) is 11.0. The monoisotopic (exact) mass is 280 g/mol. The van der Waals surface area contributed by atoms with E-state index in [0.717, 1.165) is 11.1 Å². The van der Waals surface area contributed by atoms with E-state index in [-0.39, 0.29) is 5.56 Å². The molecule has 0 aliphatic carbocycles. The second kappa shape index (κ2) is 5.01. The number of pyridine rings is 1. The van der Waals surface area contributed by atoms with E-state index < -0.39 is 0 Å². The van der Waals surface area contributed by atoms with Crippen LogP contribution in [0, 0.1) is 6.92 Å². The Labute approximate surface area is 122 Å².